The second-order valence-corrected chi connectivity index (χ2v) is 4.25. The quantitative estimate of drug-likeness (QED) is 0.809. The lowest BCUT2D eigenvalue weighted by Crippen LogP contribution is -2.05. The van der Waals surface area contributed by atoms with Crippen LogP contribution in [0.25, 0.3) is 10.6 Å². The second-order valence-electron chi connectivity index (χ2n) is 3.36. The molecule has 16 heavy (non-hydrogen) atoms. The molecule has 4 heteroatoms. The highest BCUT2D eigenvalue weighted by Gasteiger charge is 2.01. The van der Waals surface area contributed by atoms with Crippen molar-refractivity contribution >= 4 is 11.3 Å². The first kappa shape index (κ1) is 11.1. The van der Waals surface area contributed by atoms with E-state index in [2.05, 4.69) is 4.98 Å². The van der Waals surface area contributed by atoms with Gasteiger partial charge in [-0.3, -0.25) is 0 Å². The molecule has 0 saturated heterocycles. The third kappa shape index (κ3) is 2.81. The van der Waals surface area contributed by atoms with Gasteiger partial charge in [0.15, 0.2) is 0 Å². The van der Waals surface area contributed by atoms with Gasteiger partial charge >= 0.3 is 0 Å². The molecule has 2 rings (SSSR count). The molecule has 0 amide bonds. The summed E-state index contributed by atoms with van der Waals surface area (Å²) in [6, 6.07) is 7.98. The average Bonchev–Trinajstić information content (AvgIpc) is 2.83. The smallest absolute Gasteiger partial charge is 0.123 e. The second kappa shape index (κ2) is 5.63. The molecular formula is C12H14N2OS. The van der Waals surface area contributed by atoms with Crippen LogP contribution in [0.2, 0.25) is 0 Å². The van der Waals surface area contributed by atoms with Crippen LogP contribution in [0.1, 0.15) is 6.42 Å². The van der Waals surface area contributed by atoms with Gasteiger partial charge in [-0.2, -0.15) is 0 Å². The third-order valence-electron chi connectivity index (χ3n) is 2.13. The molecule has 1 aromatic heterocycles. The van der Waals surface area contributed by atoms with E-state index < -0.39 is 0 Å². The molecule has 84 valence electrons. The van der Waals surface area contributed by atoms with E-state index in [4.69, 9.17) is 10.5 Å². The van der Waals surface area contributed by atoms with Crippen LogP contribution in [0.15, 0.2) is 35.8 Å². The number of thiazole rings is 1. The van der Waals surface area contributed by atoms with Gasteiger partial charge in [-0.05, 0) is 25.1 Å². The molecule has 2 N–H and O–H groups in total. The average molecular weight is 234 g/mol. The Labute approximate surface area is 98.9 Å². The summed E-state index contributed by atoms with van der Waals surface area (Å²) >= 11 is 1.63. The summed E-state index contributed by atoms with van der Waals surface area (Å²) in [6.07, 6.45) is 2.68. The highest BCUT2D eigenvalue weighted by molar-refractivity contribution is 7.13. The topological polar surface area (TPSA) is 48.1 Å². The van der Waals surface area contributed by atoms with Gasteiger partial charge in [-0.25, -0.2) is 4.98 Å². The van der Waals surface area contributed by atoms with Gasteiger partial charge in [0.05, 0.1) is 6.61 Å². The van der Waals surface area contributed by atoms with E-state index in [9.17, 15) is 0 Å². The maximum absolute atomic E-state index is 5.58. The maximum Gasteiger partial charge on any atom is 0.123 e. The highest BCUT2D eigenvalue weighted by atomic mass is 32.1. The third-order valence-corrected chi connectivity index (χ3v) is 2.95. The maximum atomic E-state index is 5.58. The number of hydrogen-bond donors (Lipinski definition) is 1. The molecule has 0 spiro atoms. The number of hydrogen-bond acceptors (Lipinski definition) is 4. The van der Waals surface area contributed by atoms with Crippen LogP contribution in [0.3, 0.4) is 0 Å². The summed E-state index contributed by atoms with van der Waals surface area (Å²) in [5.74, 6) is 0.876. The van der Waals surface area contributed by atoms with Crippen molar-refractivity contribution in [2.24, 2.45) is 5.73 Å². The van der Waals surface area contributed by atoms with E-state index in [0.29, 0.717) is 13.2 Å². The summed E-state index contributed by atoms with van der Waals surface area (Å²) in [5.41, 5.74) is 6.51. The van der Waals surface area contributed by atoms with Gasteiger partial charge in [0, 0.05) is 17.1 Å². The van der Waals surface area contributed by atoms with Crippen LogP contribution in [0, 0.1) is 0 Å². The Balaban J connectivity index is 2.08. The Hall–Kier alpha value is -1.39. The fourth-order valence-corrected chi connectivity index (χ4v) is 1.99. The predicted molar refractivity (Wildman–Crippen MR) is 66.7 cm³/mol. The largest absolute Gasteiger partial charge is 0.494 e. The van der Waals surface area contributed by atoms with Crippen molar-refractivity contribution in [3.63, 3.8) is 0 Å². The molecule has 2 aromatic rings. The van der Waals surface area contributed by atoms with Crippen molar-refractivity contribution in [2.75, 3.05) is 13.2 Å². The number of nitrogens with zero attached hydrogens (tertiary/aromatic N) is 1. The van der Waals surface area contributed by atoms with Gasteiger partial charge in [-0.15, -0.1) is 11.3 Å². The normalized spacial score (nSPS) is 10.3. The van der Waals surface area contributed by atoms with Gasteiger partial charge < -0.3 is 10.5 Å². The Bertz CT molecular complexity index is 428. The van der Waals surface area contributed by atoms with E-state index in [1.165, 1.54) is 0 Å². The fraction of sp³-hybridized carbons (Fsp3) is 0.250. The lowest BCUT2D eigenvalue weighted by Gasteiger charge is -2.06. The molecule has 0 fully saturated rings. The highest BCUT2D eigenvalue weighted by Crippen LogP contribution is 2.25. The number of aromatic nitrogens is 1. The fourth-order valence-electron chi connectivity index (χ4n) is 1.36. The molecule has 0 radical (unpaired) electrons. The van der Waals surface area contributed by atoms with Crippen LogP contribution in [0.4, 0.5) is 0 Å². The van der Waals surface area contributed by atoms with Crippen LogP contribution in [-0.4, -0.2) is 18.1 Å². The zero-order valence-corrected chi connectivity index (χ0v) is 9.74. The number of rotatable bonds is 5. The molecule has 1 heterocycles. The van der Waals surface area contributed by atoms with Gasteiger partial charge in [0.2, 0.25) is 0 Å². The molecule has 0 bridgehead atoms. The first-order chi connectivity index (χ1) is 7.90. The van der Waals surface area contributed by atoms with Crippen LogP contribution in [0.5, 0.6) is 5.75 Å². The van der Waals surface area contributed by atoms with E-state index in [0.717, 1.165) is 22.7 Å². The summed E-state index contributed by atoms with van der Waals surface area (Å²) in [4.78, 5) is 4.27. The summed E-state index contributed by atoms with van der Waals surface area (Å²) < 4.78 is 5.58. The van der Waals surface area contributed by atoms with E-state index in [1.54, 1.807) is 11.3 Å². The summed E-state index contributed by atoms with van der Waals surface area (Å²) in [5, 5.41) is 2.99. The minimum absolute atomic E-state index is 0.659. The van der Waals surface area contributed by atoms with Crippen molar-refractivity contribution in [2.45, 2.75) is 6.42 Å². The summed E-state index contributed by atoms with van der Waals surface area (Å²) in [7, 11) is 0. The van der Waals surface area contributed by atoms with Crippen molar-refractivity contribution in [3.8, 4) is 16.3 Å². The minimum atomic E-state index is 0.659. The SMILES string of the molecule is NCCCOc1cccc(-c2nccs2)c1. The van der Waals surface area contributed by atoms with Crippen molar-refractivity contribution < 1.29 is 4.74 Å². The van der Waals surface area contributed by atoms with E-state index in [-0.39, 0.29) is 0 Å². The monoisotopic (exact) mass is 234 g/mol. The molecule has 0 saturated carbocycles. The van der Waals surface area contributed by atoms with Crippen molar-refractivity contribution in [3.05, 3.63) is 35.8 Å². The molecule has 0 aliphatic carbocycles. The van der Waals surface area contributed by atoms with Crippen molar-refractivity contribution in [1.29, 1.82) is 0 Å². The van der Waals surface area contributed by atoms with Crippen molar-refractivity contribution in [1.82, 2.24) is 4.98 Å². The number of benzene rings is 1. The van der Waals surface area contributed by atoms with Gasteiger partial charge in [-0.1, -0.05) is 12.1 Å². The minimum Gasteiger partial charge on any atom is -0.494 e. The Morgan fingerprint density at radius 1 is 1.38 bits per heavy atom. The zero-order chi connectivity index (χ0) is 11.2. The Morgan fingerprint density at radius 3 is 3.06 bits per heavy atom. The van der Waals surface area contributed by atoms with Crippen LogP contribution in [-0.2, 0) is 0 Å². The number of ether oxygens (including phenoxy) is 1. The molecule has 0 aliphatic heterocycles. The lowest BCUT2D eigenvalue weighted by molar-refractivity contribution is 0.313. The predicted octanol–water partition coefficient (Wildman–Crippen LogP) is 2.54. The summed E-state index contributed by atoms with van der Waals surface area (Å²) in [6.45, 7) is 1.32. The molecule has 0 atom stereocenters. The van der Waals surface area contributed by atoms with Crippen LogP contribution >= 0.6 is 11.3 Å². The van der Waals surface area contributed by atoms with Crippen LogP contribution < -0.4 is 10.5 Å². The number of nitrogens with two attached hydrogens (primary N) is 1. The lowest BCUT2D eigenvalue weighted by atomic mass is 10.2. The zero-order valence-electron chi connectivity index (χ0n) is 8.93. The van der Waals surface area contributed by atoms with E-state index >= 15 is 0 Å². The Morgan fingerprint density at radius 2 is 2.31 bits per heavy atom. The molecule has 1 aromatic carbocycles. The van der Waals surface area contributed by atoms with Gasteiger partial charge in [0.1, 0.15) is 10.8 Å². The first-order valence-corrected chi connectivity index (χ1v) is 6.11. The molecular weight excluding hydrogens is 220 g/mol. The molecule has 3 nitrogen and oxygen atoms in total. The standard InChI is InChI=1S/C12H14N2OS/c13-5-2-7-15-11-4-1-3-10(9-11)12-14-6-8-16-12/h1,3-4,6,8-9H,2,5,7,13H2. The Kier molecular flexibility index (Phi) is 3.91. The van der Waals surface area contributed by atoms with E-state index in [1.807, 2.05) is 35.8 Å². The van der Waals surface area contributed by atoms with Gasteiger partial charge in [0.25, 0.3) is 0 Å². The molecule has 0 unspecified atom stereocenters. The first-order valence-electron chi connectivity index (χ1n) is 5.23. The molecule has 0 aliphatic rings.